The fourth-order valence-corrected chi connectivity index (χ4v) is 4.17. The number of piperidine rings is 2. The Bertz CT molecular complexity index is 547. The van der Waals surface area contributed by atoms with Crippen molar-refractivity contribution >= 4 is 29.2 Å². The van der Waals surface area contributed by atoms with E-state index in [1.165, 1.54) is 38.8 Å². The first-order valence-electron chi connectivity index (χ1n) is 8.01. The van der Waals surface area contributed by atoms with Gasteiger partial charge >= 0.3 is 5.97 Å². The van der Waals surface area contributed by atoms with Gasteiger partial charge in [-0.05, 0) is 57.0 Å². The molecule has 0 bridgehead atoms. The summed E-state index contributed by atoms with van der Waals surface area (Å²) < 4.78 is 5.54. The Labute approximate surface area is 141 Å². The highest BCUT2D eigenvalue weighted by Gasteiger charge is 2.33. The molecule has 0 spiro atoms. The number of benzene rings is 1. The third-order valence-corrected chi connectivity index (χ3v) is 5.36. The van der Waals surface area contributed by atoms with Crippen molar-refractivity contribution in [2.45, 2.75) is 38.1 Å². The van der Waals surface area contributed by atoms with E-state index < -0.39 is 0 Å². The van der Waals surface area contributed by atoms with Gasteiger partial charge in [-0.15, -0.1) is 0 Å². The monoisotopic (exact) mass is 341 g/mol. The first-order chi connectivity index (χ1) is 10.6. The minimum absolute atomic E-state index is 0.348. The minimum atomic E-state index is -0.352. The number of hydrogen-bond donors (Lipinski definition) is 0. The van der Waals surface area contributed by atoms with Gasteiger partial charge in [-0.25, -0.2) is 4.79 Å². The molecule has 2 unspecified atom stereocenters. The van der Waals surface area contributed by atoms with Gasteiger partial charge in [0.25, 0.3) is 0 Å². The van der Waals surface area contributed by atoms with Crippen molar-refractivity contribution in [1.29, 1.82) is 0 Å². The predicted molar refractivity (Wildman–Crippen MR) is 88.7 cm³/mol. The lowest BCUT2D eigenvalue weighted by Crippen LogP contribution is -2.49. The molecule has 5 heteroatoms. The van der Waals surface area contributed by atoms with Gasteiger partial charge in [0.15, 0.2) is 0 Å². The molecule has 0 aliphatic carbocycles. The van der Waals surface area contributed by atoms with Crippen molar-refractivity contribution in [2.24, 2.45) is 5.92 Å². The van der Waals surface area contributed by atoms with Crippen molar-refractivity contribution in [1.82, 2.24) is 4.90 Å². The lowest BCUT2D eigenvalue weighted by molar-refractivity contribution is 0.00740. The molecular weight excluding hydrogens is 321 g/mol. The van der Waals surface area contributed by atoms with Gasteiger partial charge in [0, 0.05) is 17.0 Å². The average Bonchev–Trinajstić information content (AvgIpc) is 2.52. The maximum Gasteiger partial charge on any atom is 0.339 e. The standard InChI is InChI=1S/C17H21Cl2NO2/c18-13-6-7-14(15(19)10-13)17(21)22-11-12-4-3-9-20-8-2-1-5-16(12)20/h6-7,10,12,16H,1-5,8-9,11H2. The van der Waals surface area contributed by atoms with Gasteiger partial charge < -0.3 is 4.74 Å². The fraction of sp³-hybridized carbons (Fsp3) is 0.588. The van der Waals surface area contributed by atoms with E-state index >= 15 is 0 Å². The Kier molecular flexibility index (Phi) is 5.27. The van der Waals surface area contributed by atoms with Crippen LogP contribution in [0.4, 0.5) is 0 Å². The van der Waals surface area contributed by atoms with Crippen LogP contribution >= 0.6 is 23.2 Å². The number of esters is 1. The molecule has 3 nitrogen and oxygen atoms in total. The molecular formula is C17H21Cl2NO2. The number of carbonyl (C=O) groups is 1. The molecule has 0 radical (unpaired) electrons. The highest BCUT2D eigenvalue weighted by Crippen LogP contribution is 2.31. The summed E-state index contributed by atoms with van der Waals surface area (Å²) in [4.78, 5) is 14.8. The van der Waals surface area contributed by atoms with Gasteiger partial charge in [0.2, 0.25) is 0 Å². The molecule has 0 amide bonds. The van der Waals surface area contributed by atoms with Crippen molar-refractivity contribution in [2.75, 3.05) is 19.7 Å². The Morgan fingerprint density at radius 2 is 2.00 bits per heavy atom. The second kappa shape index (κ2) is 7.20. The third-order valence-electron chi connectivity index (χ3n) is 4.81. The number of hydrogen-bond acceptors (Lipinski definition) is 3. The zero-order valence-corrected chi connectivity index (χ0v) is 14.1. The Hall–Kier alpha value is -0.770. The van der Waals surface area contributed by atoms with Crippen LogP contribution in [-0.4, -0.2) is 36.6 Å². The predicted octanol–water partition coefficient (Wildman–Crippen LogP) is 4.41. The summed E-state index contributed by atoms with van der Waals surface area (Å²) in [5.74, 6) is 0.0960. The summed E-state index contributed by atoms with van der Waals surface area (Å²) >= 11 is 11.9. The molecule has 0 saturated carbocycles. The van der Waals surface area contributed by atoms with Gasteiger partial charge in [-0.3, -0.25) is 4.90 Å². The van der Waals surface area contributed by atoms with Crippen molar-refractivity contribution in [3.05, 3.63) is 33.8 Å². The third kappa shape index (κ3) is 3.58. The normalized spacial score (nSPS) is 25.5. The van der Waals surface area contributed by atoms with Crippen LogP contribution in [0.25, 0.3) is 0 Å². The molecule has 2 heterocycles. The highest BCUT2D eigenvalue weighted by atomic mass is 35.5. The molecule has 3 rings (SSSR count). The van der Waals surface area contributed by atoms with Gasteiger partial charge in [-0.2, -0.15) is 0 Å². The van der Waals surface area contributed by atoms with E-state index in [0.29, 0.717) is 34.2 Å². The summed E-state index contributed by atoms with van der Waals surface area (Å²) in [7, 11) is 0. The van der Waals surface area contributed by atoms with Crippen LogP contribution in [0.3, 0.4) is 0 Å². The Morgan fingerprint density at radius 3 is 2.82 bits per heavy atom. The van der Waals surface area contributed by atoms with Crippen molar-refractivity contribution in [3.8, 4) is 0 Å². The highest BCUT2D eigenvalue weighted by molar-refractivity contribution is 6.36. The van der Waals surface area contributed by atoms with E-state index in [2.05, 4.69) is 4.90 Å². The van der Waals surface area contributed by atoms with Crippen LogP contribution in [0, 0.1) is 5.92 Å². The van der Waals surface area contributed by atoms with Crippen LogP contribution in [0.15, 0.2) is 18.2 Å². The number of fused-ring (bicyclic) bond motifs is 1. The largest absolute Gasteiger partial charge is 0.462 e. The first kappa shape index (κ1) is 16.1. The summed E-state index contributed by atoms with van der Waals surface area (Å²) in [6.07, 6.45) is 6.14. The number of halogens is 2. The molecule has 2 saturated heterocycles. The molecule has 2 aliphatic rings. The number of ether oxygens (including phenoxy) is 1. The van der Waals surface area contributed by atoms with E-state index in [-0.39, 0.29) is 5.97 Å². The maximum atomic E-state index is 12.2. The molecule has 2 aliphatic heterocycles. The molecule has 2 atom stereocenters. The van der Waals surface area contributed by atoms with E-state index in [1.807, 2.05) is 0 Å². The molecule has 1 aromatic rings. The molecule has 1 aromatic carbocycles. The Balaban J connectivity index is 1.60. The summed E-state index contributed by atoms with van der Waals surface area (Å²) in [6.45, 7) is 2.87. The van der Waals surface area contributed by atoms with Gasteiger partial charge in [0.1, 0.15) is 0 Å². The lowest BCUT2D eigenvalue weighted by atomic mass is 9.84. The van der Waals surface area contributed by atoms with E-state index in [1.54, 1.807) is 18.2 Å². The topological polar surface area (TPSA) is 29.5 Å². The second-order valence-corrected chi connectivity index (χ2v) is 7.07. The second-order valence-electron chi connectivity index (χ2n) is 6.22. The number of carbonyl (C=O) groups excluding carboxylic acids is 1. The van der Waals surface area contributed by atoms with Crippen LogP contribution in [0.5, 0.6) is 0 Å². The summed E-state index contributed by atoms with van der Waals surface area (Å²) in [6, 6.07) is 5.44. The summed E-state index contributed by atoms with van der Waals surface area (Å²) in [5, 5.41) is 0.868. The average molecular weight is 342 g/mol. The smallest absolute Gasteiger partial charge is 0.339 e. The molecule has 0 aromatic heterocycles. The van der Waals surface area contributed by atoms with Gasteiger partial charge in [-0.1, -0.05) is 29.6 Å². The van der Waals surface area contributed by atoms with Crippen molar-refractivity contribution < 1.29 is 9.53 Å². The fourth-order valence-electron chi connectivity index (χ4n) is 3.69. The number of rotatable bonds is 3. The number of nitrogens with zero attached hydrogens (tertiary/aromatic N) is 1. The lowest BCUT2D eigenvalue weighted by Gasteiger charge is -2.44. The first-order valence-corrected chi connectivity index (χ1v) is 8.77. The van der Waals surface area contributed by atoms with Gasteiger partial charge in [0.05, 0.1) is 17.2 Å². The maximum absolute atomic E-state index is 12.2. The zero-order chi connectivity index (χ0) is 15.5. The quantitative estimate of drug-likeness (QED) is 0.762. The molecule has 120 valence electrons. The van der Waals surface area contributed by atoms with E-state index in [0.717, 1.165) is 6.42 Å². The van der Waals surface area contributed by atoms with Crippen LogP contribution in [0.2, 0.25) is 10.0 Å². The van der Waals surface area contributed by atoms with Crippen LogP contribution in [0.1, 0.15) is 42.5 Å². The van der Waals surface area contributed by atoms with Crippen LogP contribution in [-0.2, 0) is 4.74 Å². The summed E-state index contributed by atoms with van der Waals surface area (Å²) in [5.41, 5.74) is 0.391. The molecule has 22 heavy (non-hydrogen) atoms. The zero-order valence-electron chi connectivity index (χ0n) is 12.6. The Morgan fingerprint density at radius 1 is 1.18 bits per heavy atom. The van der Waals surface area contributed by atoms with E-state index in [4.69, 9.17) is 27.9 Å². The molecule has 2 fully saturated rings. The van der Waals surface area contributed by atoms with Crippen molar-refractivity contribution in [3.63, 3.8) is 0 Å². The molecule has 0 N–H and O–H groups in total. The van der Waals surface area contributed by atoms with E-state index in [9.17, 15) is 4.79 Å². The van der Waals surface area contributed by atoms with Crippen LogP contribution < -0.4 is 0 Å². The SMILES string of the molecule is O=C(OCC1CCCN2CCCCC12)c1ccc(Cl)cc1Cl. The minimum Gasteiger partial charge on any atom is -0.462 e.